The highest BCUT2D eigenvalue weighted by Gasteiger charge is 2.20. The second-order valence-corrected chi connectivity index (χ2v) is 7.13. The molecule has 2 N–H and O–H groups in total. The number of aromatic carboxylic acids is 1. The Morgan fingerprint density at radius 2 is 1.50 bits per heavy atom. The number of carboxylic acid groups (broad SMARTS) is 1. The number of fused-ring (bicyclic) bond motifs is 1. The molecule has 0 saturated carbocycles. The molecule has 0 aliphatic heterocycles. The quantitative estimate of drug-likeness (QED) is 0.535. The minimum absolute atomic E-state index is 0.0747. The fraction of sp³-hybridized carbons (Fsp3) is 0. The van der Waals surface area contributed by atoms with E-state index in [0.29, 0.717) is 21.5 Å². The molecule has 0 bridgehead atoms. The van der Waals surface area contributed by atoms with Gasteiger partial charge in [-0.2, -0.15) is 0 Å². The van der Waals surface area contributed by atoms with Gasteiger partial charge in [0.25, 0.3) is 5.56 Å². The lowest BCUT2D eigenvalue weighted by atomic mass is 10.2. The Morgan fingerprint density at radius 3 is 2.25 bits per heavy atom. The summed E-state index contributed by atoms with van der Waals surface area (Å²) in [6, 6.07) is 22.6. The van der Waals surface area contributed by atoms with Crippen LogP contribution in [0, 0.1) is 0 Å². The summed E-state index contributed by atoms with van der Waals surface area (Å²) in [4.78, 5) is 25.3. The fourth-order valence-electron chi connectivity index (χ4n) is 3.07. The second-order valence-electron chi connectivity index (χ2n) is 6.07. The molecule has 6 heteroatoms. The number of para-hydroxylation sites is 2. The molecule has 5 nitrogen and oxygen atoms in total. The van der Waals surface area contributed by atoms with Crippen LogP contribution >= 0.6 is 11.8 Å². The number of carbonyl (C=O) groups is 1. The van der Waals surface area contributed by atoms with Crippen LogP contribution in [0.25, 0.3) is 16.6 Å². The topological polar surface area (TPSA) is 79.5 Å². The molecule has 1 heterocycles. The third-order valence-corrected chi connectivity index (χ3v) is 5.50. The van der Waals surface area contributed by atoms with E-state index in [1.54, 1.807) is 42.5 Å². The summed E-state index contributed by atoms with van der Waals surface area (Å²) >= 11 is 0.955. The summed E-state index contributed by atoms with van der Waals surface area (Å²) < 4.78 is 1.53. The average Bonchev–Trinajstić information content (AvgIpc) is 2.72. The Balaban J connectivity index is 2.01. The maximum absolute atomic E-state index is 13.3. The van der Waals surface area contributed by atoms with E-state index < -0.39 is 11.5 Å². The molecule has 0 atom stereocenters. The minimum atomic E-state index is -1.09. The molecule has 4 rings (SSSR count). The van der Waals surface area contributed by atoms with E-state index in [1.165, 1.54) is 10.6 Å². The molecule has 138 valence electrons. The number of carboxylic acids is 1. The number of aromatic hydroxyl groups is 1. The lowest BCUT2D eigenvalue weighted by Crippen LogP contribution is -2.20. The van der Waals surface area contributed by atoms with E-state index in [4.69, 9.17) is 0 Å². The van der Waals surface area contributed by atoms with Gasteiger partial charge in [-0.25, -0.2) is 4.79 Å². The van der Waals surface area contributed by atoms with Crippen molar-refractivity contribution in [1.29, 1.82) is 0 Å². The monoisotopic (exact) mass is 389 g/mol. The highest BCUT2D eigenvalue weighted by Crippen LogP contribution is 2.38. The van der Waals surface area contributed by atoms with Crippen molar-refractivity contribution in [3.05, 3.63) is 94.8 Å². The van der Waals surface area contributed by atoms with E-state index in [1.807, 2.05) is 30.3 Å². The van der Waals surface area contributed by atoms with Gasteiger partial charge in [-0.05, 0) is 36.4 Å². The molecule has 0 radical (unpaired) electrons. The summed E-state index contributed by atoms with van der Waals surface area (Å²) in [5.74, 6) is -1.25. The van der Waals surface area contributed by atoms with Crippen molar-refractivity contribution in [2.24, 2.45) is 0 Å². The third-order valence-electron chi connectivity index (χ3n) is 4.36. The first kappa shape index (κ1) is 17.9. The molecule has 0 fully saturated rings. The van der Waals surface area contributed by atoms with Gasteiger partial charge in [-0.3, -0.25) is 9.36 Å². The van der Waals surface area contributed by atoms with Gasteiger partial charge in [0.15, 0.2) is 0 Å². The smallest absolute Gasteiger partial charge is 0.336 e. The van der Waals surface area contributed by atoms with Gasteiger partial charge in [0.05, 0.1) is 11.1 Å². The standard InChI is InChI=1S/C22H15NO4S/c24-19-15-10-4-6-12-17(15)23(14-8-2-1-3-9-14)21(25)20(19)28-18-13-7-5-11-16(18)22(26)27/h1-13,24H,(H,26,27). The predicted molar refractivity (Wildman–Crippen MR) is 109 cm³/mol. The highest BCUT2D eigenvalue weighted by molar-refractivity contribution is 7.99. The number of nitrogens with zero attached hydrogens (tertiary/aromatic N) is 1. The van der Waals surface area contributed by atoms with Crippen LogP contribution < -0.4 is 5.56 Å². The van der Waals surface area contributed by atoms with E-state index >= 15 is 0 Å². The van der Waals surface area contributed by atoms with Crippen molar-refractivity contribution >= 4 is 28.6 Å². The Kier molecular flexibility index (Phi) is 4.63. The van der Waals surface area contributed by atoms with E-state index in [-0.39, 0.29) is 16.2 Å². The van der Waals surface area contributed by atoms with Crippen molar-refractivity contribution in [3.8, 4) is 11.4 Å². The molecule has 1 aromatic heterocycles. The summed E-state index contributed by atoms with van der Waals surface area (Å²) in [7, 11) is 0. The zero-order chi connectivity index (χ0) is 19.7. The van der Waals surface area contributed by atoms with E-state index in [2.05, 4.69) is 0 Å². The lowest BCUT2D eigenvalue weighted by molar-refractivity contribution is 0.0693. The fourth-order valence-corrected chi connectivity index (χ4v) is 4.09. The van der Waals surface area contributed by atoms with Crippen molar-refractivity contribution < 1.29 is 15.0 Å². The molecular weight excluding hydrogens is 374 g/mol. The molecule has 4 aromatic rings. The summed E-state index contributed by atoms with van der Waals surface area (Å²) in [5, 5.41) is 20.8. The number of hydrogen-bond acceptors (Lipinski definition) is 4. The normalized spacial score (nSPS) is 10.9. The van der Waals surface area contributed by atoms with Crippen LogP contribution in [-0.4, -0.2) is 20.7 Å². The van der Waals surface area contributed by atoms with Gasteiger partial charge in [-0.15, -0.1) is 0 Å². The zero-order valence-corrected chi connectivity index (χ0v) is 15.4. The Morgan fingerprint density at radius 1 is 0.857 bits per heavy atom. The van der Waals surface area contributed by atoms with Gasteiger partial charge in [0, 0.05) is 16.0 Å². The van der Waals surface area contributed by atoms with Crippen LogP contribution in [0.2, 0.25) is 0 Å². The summed E-state index contributed by atoms with van der Waals surface area (Å²) in [5.41, 5.74) is 0.905. The number of aromatic nitrogens is 1. The maximum atomic E-state index is 13.3. The molecule has 0 spiro atoms. The molecular formula is C22H15NO4S. The Labute approximate surface area is 164 Å². The number of hydrogen-bond donors (Lipinski definition) is 2. The van der Waals surface area contributed by atoms with Gasteiger partial charge in [-0.1, -0.05) is 54.2 Å². The zero-order valence-electron chi connectivity index (χ0n) is 14.6. The van der Waals surface area contributed by atoms with Crippen molar-refractivity contribution in [1.82, 2.24) is 4.57 Å². The van der Waals surface area contributed by atoms with Gasteiger partial charge >= 0.3 is 5.97 Å². The second kappa shape index (κ2) is 7.25. The van der Waals surface area contributed by atoms with Gasteiger partial charge in [0.1, 0.15) is 10.6 Å². The van der Waals surface area contributed by atoms with Crippen LogP contribution in [0.15, 0.2) is 93.4 Å². The molecule has 3 aromatic carbocycles. The van der Waals surface area contributed by atoms with Crippen LogP contribution in [0.3, 0.4) is 0 Å². The van der Waals surface area contributed by atoms with E-state index in [0.717, 1.165) is 11.8 Å². The summed E-state index contributed by atoms with van der Waals surface area (Å²) in [6.45, 7) is 0. The lowest BCUT2D eigenvalue weighted by Gasteiger charge is -2.15. The van der Waals surface area contributed by atoms with Gasteiger partial charge in [0.2, 0.25) is 0 Å². The SMILES string of the molecule is O=C(O)c1ccccc1Sc1c(O)c2ccccc2n(-c2ccccc2)c1=O. The predicted octanol–water partition coefficient (Wildman–Crippen LogP) is 4.55. The molecule has 0 amide bonds. The first-order valence-corrected chi connectivity index (χ1v) is 9.32. The molecule has 0 aliphatic carbocycles. The first-order valence-electron chi connectivity index (χ1n) is 8.50. The van der Waals surface area contributed by atoms with Crippen LogP contribution in [0.4, 0.5) is 0 Å². The number of rotatable bonds is 4. The van der Waals surface area contributed by atoms with Crippen LogP contribution in [-0.2, 0) is 0 Å². The summed E-state index contributed by atoms with van der Waals surface area (Å²) in [6.07, 6.45) is 0. The largest absolute Gasteiger partial charge is 0.506 e. The van der Waals surface area contributed by atoms with E-state index in [9.17, 15) is 19.8 Å². The highest BCUT2D eigenvalue weighted by atomic mass is 32.2. The average molecular weight is 389 g/mol. The van der Waals surface area contributed by atoms with Crippen LogP contribution in [0.1, 0.15) is 10.4 Å². The molecule has 0 aliphatic rings. The third kappa shape index (κ3) is 3.04. The minimum Gasteiger partial charge on any atom is -0.506 e. The number of benzene rings is 3. The van der Waals surface area contributed by atoms with Crippen molar-refractivity contribution in [3.63, 3.8) is 0 Å². The number of pyridine rings is 1. The first-order chi connectivity index (χ1) is 13.6. The van der Waals surface area contributed by atoms with Crippen LogP contribution in [0.5, 0.6) is 5.75 Å². The van der Waals surface area contributed by atoms with Gasteiger partial charge < -0.3 is 10.2 Å². The molecule has 28 heavy (non-hydrogen) atoms. The molecule has 0 unspecified atom stereocenters. The van der Waals surface area contributed by atoms with Crippen molar-refractivity contribution in [2.75, 3.05) is 0 Å². The van der Waals surface area contributed by atoms with Crippen molar-refractivity contribution in [2.45, 2.75) is 9.79 Å². The Hall–Kier alpha value is -3.51. The molecule has 0 saturated heterocycles. The maximum Gasteiger partial charge on any atom is 0.336 e. The Bertz CT molecular complexity index is 1250.